The molecule has 2 aromatic rings. The lowest BCUT2D eigenvalue weighted by Gasteiger charge is -2.04. The Bertz CT molecular complexity index is 443. The molecular formula is C15H20ClN3. The molecular weight excluding hydrogens is 258 g/mol. The lowest BCUT2D eigenvalue weighted by atomic mass is 10.2. The smallest absolute Gasteiger partial charge is 0.0784 e. The summed E-state index contributed by atoms with van der Waals surface area (Å²) in [6, 6.07) is 19.7. The third kappa shape index (κ3) is 6.94. The molecule has 2 aromatic carbocycles. The zero-order valence-electron chi connectivity index (χ0n) is 11.0. The molecule has 0 aliphatic carbocycles. The Labute approximate surface area is 119 Å². The van der Waals surface area contributed by atoms with Crippen LogP contribution in [0.5, 0.6) is 0 Å². The number of hydrogen-bond acceptors (Lipinski definition) is 3. The van der Waals surface area contributed by atoms with Crippen molar-refractivity contribution in [1.29, 1.82) is 0 Å². The summed E-state index contributed by atoms with van der Waals surface area (Å²) >= 11 is 5.65. The summed E-state index contributed by atoms with van der Waals surface area (Å²) in [7, 11) is 1.84. The van der Waals surface area contributed by atoms with Gasteiger partial charge >= 0.3 is 0 Å². The lowest BCUT2D eigenvalue weighted by Crippen LogP contribution is -2.19. The number of nitrogens with zero attached hydrogens (tertiary/aromatic N) is 1. The number of halogens is 1. The van der Waals surface area contributed by atoms with E-state index >= 15 is 0 Å². The van der Waals surface area contributed by atoms with E-state index in [2.05, 4.69) is 12.1 Å². The van der Waals surface area contributed by atoms with Crippen LogP contribution in [-0.2, 0) is 6.54 Å². The predicted molar refractivity (Wildman–Crippen MR) is 81.3 cm³/mol. The average Bonchev–Trinajstić information content (AvgIpc) is 2.41. The van der Waals surface area contributed by atoms with E-state index in [1.807, 2.05) is 55.6 Å². The fraction of sp³-hybridized carbons (Fsp3) is 0.200. The quantitative estimate of drug-likeness (QED) is 0.670. The van der Waals surface area contributed by atoms with E-state index in [-0.39, 0.29) is 6.17 Å². The van der Waals surface area contributed by atoms with E-state index in [4.69, 9.17) is 23.2 Å². The van der Waals surface area contributed by atoms with Crippen molar-refractivity contribution in [3.8, 4) is 0 Å². The number of nitrogens with two attached hydrogens (primary N) is 2. The summed E-state index contributed by atoms with van der Waals surface area (Å²) in [6.45, 7) is 0.794. The van der Waals surface area contributed by atoms with Gasteiger partial charge in [-0.2, -0.15) is 0 Å². The first-order valence-corrected chi connectivity index (χ1v) is 6.40. The van der Waals surface area contributed by atoms with Gasteiger partial charge in [-0.05, 0) is 22.9 Å². The Balaban J connectivity index is 0.000000191. The van der Waals surface area contributed by atoms with E-state index in [9.17, 15) is 0 Å². The van der Waals surface area contributed by atoms with Crippen molar-refractivity contribution >= 4 is 11.8 Å². The number of benzene rings is 2. The highest BCUT2D eigenvalue weighted by Gasteiger charge is 1.94. The van der Waals surface area contributed by atoms with Crippen LogP contribution >= 0.6 is 11.8 Å². The van der Waals surface area contributed by atoms with Gasteiger partial charge in [-0.3, -0.25) is 0 Å². The van der Waals surface area contributed by atoms with E-state index < -0.39 is 0 Å². The third-order valence-corrected chi connectivity index (χ3v) is 2.55. The van der Waals surface area contributed by atoms with Crippen LogP contribution in [0.2, 0.25) is 0 Å². The molecule has 0 saturated carbocycles. The minimum Gasteiger partial charge on any atom is -0.312 e. The predicted octanol–water partition coefficient (Wildman–Crippen LogP) is 2.87. The molecule has 0 fully saturated rings. The number of hydrogen-bond donors (Lipinski definition) is 2. The summed E-state index contributed by atoms with van der Waals surface area (Å²) in [6.07, 6.45) is -0.341. The van der Waals surface area contributed by atoms with Gasteiger partial charge in [-0.25, -0.2) is 4.42 Å². The van der Waals surface area contributed by atoms with Gasteiger partial charge in [0.15, 0.2) is 0 Å². The third-order valence-electron chi connectivity index (χ3n) is 2.43. The van der Waals surface area contributed by atoms with Gasteiger partial charge in [0.05, 0.1) is 6.17 Å². The maximum atomic E-state index is 5.65. The Morgan fingerprint density at radius 3 is 1.79 bits per heavy atom. The molecule has 0 aromatic heterocycles. The van der Waals surface area contributed by atoms with Gasteiger partial charge in [0.25, 0.3) is 0 Å². The summed E-state index contributed by atoms with van der Waals surface area (Å²) in [4.78, 5) is 0. The Morgan fingerprint density at radius 1 is 0.947 bits per heavy atom. The van der Waals surface area contributed by atoms with Gasteiger partial charge in [-0.1, -0.05) is 60.7 Å². The van der Waals surface area contributed by atoms with Gasteiger partial charge in [0, 0.05) is 13.6 Å². The van der Waals surface area contributed by atoms with E-state index in [0.29, 0.717) is 0 Å². The molecule has 0 aliphatic heterocycles. The molecule has 3 nitrogen and oxygen atoms in total. The minimum absolute atomic E-state index is 0.341. The molecule has 0 bridgehead atoms. The zero-order valence-corrected chi connectivity index (χ0v) is 11.8. The standard InChI is InChI=1S/C8H10ClN.C7H10N2/c1-10(9)7-8-5-3-2-4-6-8;8-7(9)6-4-2-1-3-5-6/h2-6H,7H2,1H3;1-5,7H,8-9H2. The molecule has 0 spiro atoms. The van der Waals surface area contributed by atoms with E-state index in [1.165, 1.54) is 5.56 Å². The van der Waals surface area contributed by atoms with Crippen LogP contribution in [0.25, 0.3) is 0 Å². The molecule has 0 aliphatic rings. The summed E-state index contributed by atoms with van der Waals surface area (Å²) < 4.78 is 1.63. The number of rotatable bonds is 3. The molecule has 0 heterocycles. The minimum atomic E-state index is -0.341. The summed E-state index contributed by atoms with van der Waals surface area (Å²) in [5.41, 5.74) is 13.0. The average molecular weight is 278 g/mol. The van der Waals surface area contributed by atoms with Crippen LogP contribution < -0.4 is 11.5 Å². The van der Waals surface area contributed by atoms with E-state index in [0.717, 1.165) is 12.1 Å². The van der Waals surface area contributed by atoms with Crippen molar-refractivity contribution in [2.45, 2.75) is 12.7 Å². The largest absolute Gasteiger partial charge is 0.312 e. The first kappa shape index (κ1) is 15.7. The van der Waals surface area contributed by atoms with Crippen LogP contribution in [0.3, 0.4) is 0 Å². The van der Waals surface area contributed by atoms with Crippen LogP contribution in [0.15, 0.2) is 60.7 Å². The van der Waals surface area contributed by atoms with Gasteiger partial charge < -0.3 is 11.5 Å². The SMILES string of the molecule is CN(Cl)Cc1ccccc1.NC(N)c1ccccc1. The molecule has 4 N–H and O–H groups in total. The zero-order chi connectivity index (χ0) is 14.1. The molecule has 0 saturated heterocycles. The first-order valence-electron chi connectivity index (χ1n) is 6.06. The highest BCUT2D eigenvalue weighted by atomic mass is 35.5. The van der Waals surface area contributed by atoms with Gasteiger partial charge in [0.2, 0.25) is 0 Å². The second-order valence-corrected chi connectivity index (χ2v) is 4.76. The first-order chi connectivity index (χ1) is 9.09. The maximum absolute atomic E-state index is 5.65. The van der Waals surface area contributed by atoms with Crippen LogP contribution in [0.4, 0.5) is 0 Å². The molecule has 2 rings (SSSR count). The van der Waals surface area contributed by atoms with Crippen molar-refractivity contribution in [2.75, 3.05) is 7.05 Å². The van der Waals surface area contributed by atoms with Crippen molar-refractivity contribution in [1.82, 2.24) is 4.42 Å². The summed E-state index contributed by atoms with van der Waals surface area (Å²) in [5, 5.41) is 0. The normalized spacial score (nSPS) is 10.2. The van der Waals surface area contributed by atoms with Gasteiger partial charge in [0.1, 0.15) is 0 Å². The Hall–Kier alpha value is -1.39. The van der Waals surface area contributed by atoms with Crippen LogP contribution in [-0.4, -0.2) is 11.5 Å². The lowest BCUT2D eigenvalue weighted by molar-refractivity contribution is 0.546. The van der Waals surface area contributed by atoms with Crippen molar-refractivity contribution < 1.29 is 0 Å². The fourth-order valence-electron chi connectivity index (χ4n) is 1.51. The van der Waals surface area contributed by atoms with Crippen molar-refractivity contribution in [3.63, 3.8) is 0 Å². The molecule has 0 atom stereocenters. The second-order valence-electron chi connectivity index (χ2n) is 4.18. The maximum Gasteiger partial charge on any atom is 0.0784 e. The van der Waals surface area contributed by atoms with Crippen molar-refractivity contribution in [3.05, 3.63) is 71.8 Å². The topological polar surface area (TPSA) is 55.3 Å². The molecule has 19 heavy (non-hydrogen) atoms. The monoisotopic (exact) mass is 277 g/mol. The summed E-state index contributed by atoms with van der Waals surface area (Å²) in [5.74, 6) is 0. The molecule has 0 unspecified atom stereocenters. The van der Waals surface area contributed by atoms with E-state index in [1.54, 1.807) is 4.42 Å². The highest BCUT2D eigenvalue weighted by Crippen LogP contribution is 2.03. The second kappa shape index (κ2) is 8.67. The van der Waals surface area contributed by atoms with Crippen molar-refractivity contribution in [2.24, 2.45) is 11.5 Å². The fourth-order valence-corrected chi connectivity index (χ4v) is 1.65. The van der Waals surface area contributed by atoms with Crippen LogP contribution in [0, 0.1) is 0 Å². The Morgan fingerprint density at radius 2 is 1.42 bits per heavy atom. The van der Waals surface area contributed by atoms with Gasteiger partial charge in [-0.15, -0.1) is 0 Å². The highest BCUT2D eigenvalue weighted by molar-refractivity contribution is 6.13. The Kier molecular flexibility index (Phi) is 7.15. The molecule has 102 valence electrons. The molecule has 0 amide bonds. The molecule has 0 radical (unpaired) electrons. The molecule has 4 heteroatoms. The van der Waals surface area contributed by atoms with Crippen LogP contribution in [0.1, 0.15) is 17.3 Å².